The Morgan fingerprint density at radius 2 is 2.12 bits per heavy atom. The molecule has 4 heteroatoms. The van der Waals surface area contributed by atoms with Crippen molar-refractivity contribution in [1.29, 1.82) is 0 Å². The number of aliphatic hydroxyl groups is 2. The monoisotopic (exact) mass is 230 g/mol. The molecule has 0 aromatic heterocycles. The summed E-state index contributed by atoms with van der Waals surface area (Å²) in [6.45, 7) is 4.12. The van der Waals surface area contributed by atoms with Gasteiger partial charge in [0.2, 0.25) is 0 Å². The summed E-state index contributed by atoms with van der Waals surface area (Å²) in [5.41, 5.74) is 0. The van der Waals surface area contributed by atoms with Crippen molar-refractivity contribution in [3.8, 4) is 0 Å². The molecule has 1 fully saturated rings. The topological polar surface area (TPSA) is 66.8 Å². The first-order valence-corrected chi connectivity index (χ1v) is 6.04. The second kappa shape index (κ2) is 6.21. The number of cyclic esters (lactones) is 1. The maximum atomic E-state index is 11.4. The fourth-order valence-corrected chi connectivity index (χ4v) is 2.04. The Morgan fingerprint density at radius 3 is 2.62 bits per heavy atom. The van der Waals surface area contributed by atoms with Gasteiger partial charge < -0.3 is 14.9 Å². The molecule has 0 amide bonds. The first-order valence-electron chi connectivity index (χ1n) is 6.04. The van der Waals surface area contributed by atoms with E-state index in [1.165, 1.54) is 0 Å². The molecule has 4 nitrogen and oxygen atoms in total. The first-order chi connectivity index (χ1) is 7.54. The van der Waals surface area contributed by atoms with Crippen LogP contribution in [-0.2, 0) is 9.53 Å². The molecule has 0 radical (unpaired) electrons. The molecule has 0 bridgehead atoms. The molecule has 0 aliphatic carbocycles. The van der Waals surface area contributed by atoms with Gasteiger partial charge in [0.15, 0.2) is 0 Å². The van der Waals surface area contributed by atoms with Crippen molar-refractivity contribution in [3.63, 3.8) is 0 Å². The van der Waals surface area contributed by atoms with E-state index in [2.05, 4.69) is 13.8 Å². The van der Waals surface area contributed by atoms with Gasteiger partial charge in [0.1, 0.15) is 6.10 Å². The van der Waals surface area contributed by atoms with Crippen LogP contribution < -0.4 is 0 Å². The van der Waals surface area contributed by atoms with Gasteiger partial charge >= 0.3 is 5.97 Å². The molecule has 3 atom stereocenters. The maximum absolute atomic E-state index is 11.4. The van der Waals surface area contributed by atoms with Crippen molar-refractivity contribution in [2.45, 2.75) is 51.7 Å². The van der Waals surface area contributed by atoms with E-state index in [4.69, 9.17) is 9.84 Å². The summed E-state index contributed by atoms with van der Waals surface area (Å²) in [6.07, 6.45) is 2.02. The van der Waals surface area contributed by atoms with E-state index in [0.29, 0.717) is 18.8 Å². The summed E-state index contributed by atoms with van der Waals surface area (Å²) in [5.74, 6) is -0.187. The van der Waals surface area contributed by atoms with E-state index in [9.17, 15) is 9.90 Å². The molecular weight excluding hydrogens is 208 g/mol. The summed E-state index contributed by atoms with van der Waals surface area (Å²) < 4.78 is 4.92. The van der Waals surface area contributed by atoms with Gasteiger partial charge in [-0.05, 0) is 12.3 Å². The van der Waals surface area contributed by atoms with Crippen molar-refractivity contribution in [2.24, 2.45) is 11.8 Å². The summed E-state index contributed by atoms with van der Waals surface area (Å²) in [7, 11) is 0. The fourth-order valence-electron chi connectivity index (χ4n) is 2.04. The number of hydrogen-bond donors (Lipinski definition) is 2. The van der Waals surface area contributed by atoms with Crippen LogP contribution in [0, 0.1) is 11.8 Å². The Labute approximate surface area is 96.6 Å². The number of rotatable bonds is 6. The van der Waals surface area contributed by atoms with Crippen molar-refractivity contribution in [2.75, 3.05) is 6.61 Å². The standard InChI is InChI=1S/C12H22O4/c1-8(2)4-3-5-11(14)10-6-9(7-13)16-12(10)15/h8-11,13-14H,3-7H2,1-2H3. The Balaban J connectivity index is 2.31. The third-order valence-corrected chi connectivity index (χ3v) is 3.05. The highest BCUT2D eigenvalue weighted by Crippen LogP contribution is 2.26. The van der Waals surface area contributed by atoms with E-state index in [1.54, 1.807) is 0 Å². The molecule has 0 spiro atoms. The van der Waals surface area contributed by atoms with Crippen molar-refractivity contribution < 1.29 is 19.7 Å². The van der Waals surface area contributed by atoms with Crippen LogP contribution >= 0.6 is 0 Å². The second-order valence-corrected chi connectivity index (χ2v) is 4.98. The average Bonchev–Trinajstić information content (AvgIpc) is 2.59. The number of ether oxygens (including phenoxy) is 1. The normalized spacial score (nSPS) is 27.2. The largest absolute Gasteiger partial charge is 0.460 e. The Bertz CT molecular complexity index is 227. The lowest BCUT2D eigenvalue weighted by Gasteiger charge is -2.14. The van der Waals surface area contributed by atoms with Crippen LogP contribution in [0.1, 0.15) is 39.5 Å². The number of carbonyl (C=O) groups excluding carboxylic acids is 1. The highest BCUT2D eigenvalue weighted by atomic mass is 16.6. The minimum absolute atomic E-state index is 0.152. The molecule has 3 unspecified atom stereocenters. The highest BCUT2D eigenvalue weighted by molar-refractivity contribution is 5.75. The van der Waals surface area contributed by atoms with E-state index < -0.39 is 18.1 Å². The summed E-state index contributed by atoms with van der Waals surface area (Å²) in [5, 5.41) is 18.7. The molecule has 2 N–H and O–H groups in total. The van der Waals surface area contributed by atoms with E-state index in [1.807, 2.05) is 0 Å². The first kappa shape index (κ1) is 13.5. The zero-order valence-electron chi connectivity index (χ0n) is 10.1. The van der Waals surface area contributed by atoms with Crippen LogP contribution in [-0.4, -0.2) is 35.0 Å². The molecule has 1 heterocycles. The van der Waals surface area contributed by atoms with Crippen LogP contribution in [0.2, 0.25) is 0 Å². The predicted molar refractivity (Wildman–Crippen MR) is 59.8 cm³/mol. The van der Waals surface area contributed by atoms with E-state index >= 15 is 0 Å². The zero-order valence-corrected chi connectivity index (χ0v) is 10.1. The summed E-state index contributed by atoms with van der Waals surface area (Å²) >= 11 is 0. The molecule has 1 aliphatic rings. The van der Waals surface area contributed by atoms with Gasteiger partial charge in [-0.1, -0.05) is 26.7 Å². The van der Waals surface area contributed by atoms with Gasteiger partial charge in [-0.25, -0.2) is 0 Å². The summed E-state index contributed by atoms with van der Waals surface area (Å²) in [4.78, 5) is 11.4. The number of aliphatic hydroxyl groups excluding tert-OH is 2. The molecular formula is C12H22O4. The van der Waals surface area contributed by atoms with Crippen LogP contribution in [0.5, 0.6) is 0 Å². The minimum Gasteiger partial charge on any atom is -0.460 e. The lowest BCUT2D eigenvalue weighted by atomic mass is 9.93. The quantitative estimate of drug-likeness (QED) is 0.670. The maximum Gasteiger partial charge on any atom is 0.312 e. The molecule has 1 saturated heterocycles. The van der Waals surface area contributed by atoms with Crippen LogP contribution in [0.25, 0.3) is 0 Å². The molecule has 16 heavy (non-hydrogen) atoms. The van der Waals surface area contributed by atoms with Crippen LogP contribution in [0.15, 0.2) is 0 Å². The van der Waals surface area contributed by atoms with Crippen LogP contribution in [0.3, 0.4) is 0 Å². The van der Waals surface area contributed by atoms with Gasteiger partial charge in [0.25, 0.3) is 0 Å². The highest BCUT2D eigenvalue weighted by Gasteiger charge is 2.38. The molecule has 1 rings (SSSR count). The summed E-state index contributed by atoms with van der Waals surface area (Å²) in [6, 6.07) is 0. The average molecular weight is 230 g/mol. The lowest BCUT2D eigenvalue weighted by molar-refractivity contribution is -0.147. The van der Waals surface area contributed by atoms with E-state index in [0.717, 1.165) is 12.8 Å². The molecule has 0 aromatic rings. The smallest absolute Gasteiger partial charge is 0.312 e. The Hall–Kier alpha value is -0.610. The van der Waals surface area contributed by atoms with Crippen molar-refractivity contribution in [1.82, 2.24) is 0 Å². The minimum atomic E-state index is -0.622. The van der Waals surface area contributed by atoms with Gasteiger partial charge in [0.05, 0.1) is 18.6 Å². The van der Waals surface area contributed by atoms with Gasteiger partial charge in [-0.2, -0.15) is 0 Å². The molecule has 0 aromatic carbocycles. The lowest BCUT2D eigenvalue weighted by Crippen LogP contribution is -2.24. The van der Waals surface area contributed by atoms with Crippen LogP contribution in [0.4, 0.5) is 0 Å². The van der Waals surface area contributed by atoms with Gasteiger partial charge in [-0.15, -0.1) is 0 Å². The van der Waals surface area contributed by atoms with E-state index in [-0.39, 0.29) is 12.6 Å². The van der Waals surface area contributed by atoms with Crippen molar-refractivity contribution in [3.05, 3.63) is 0 Å². The number of esters is 1. The molecule has 0 saturated carbocycles. The SMILES string of the molecule is CC(C)CCCC(O)C1CC(CO)OC1=O. The molecule has 1 aliphatic heterocycles. The second-order valence-electron chi connectivity index (χ2n) is 4.98. The predicted octanol–water partition coefficient (Wildman–Crippen LogP) is 1.10. The fraction of sp³-hybridized carbons (Fsp3) is 0.917. The van der Waals surface area contributed by atoms with Gasteiger partial charge in [-0.3, -0.25) is 4.79 Å². The third-order valence-electron chi connectivity index (χ3n) is 3.05. The Morgan fingerprint density at radius 1 is 1.44 bits per heavy atom. The molecule has 94 valence electrons. The third kappa shape index (κ3) is 3.76. The number of hydrogen-bond acceptors (Lipinski definition) is 4. The zero-order chi connectivity index (χ0) is 12.1. The van der Waals surface area contributed by atoms with Gasteiger partial charge in [0, 0.05) is 6.42 Å². The number of carbonyl (C=O) groups is 1. The Kier molecular flexibility index (Phi) is 5.22. The van der Waals surface area contributed by atoms with Crippen molar-refractivity contribution >= 4 is 5.97 Å².